The average Bonchev–Trinajstić information content (AvgIpc) is 2.60. The fraction of sp³-hybridized carbons (Fsp3) is 0.211. The molecule has 1 aromatic rings. The van der Waals surface area contributed by atoms with Crippen LogP contribution in [0.4, 0.5) is 0 Å². The number of aliphatic carboxylic acids is 1. The largest absolute Gasteiger partial charge is 0.489 e. The van der Waals surface area contributed by atoms with Crippen molar-refractivity contribution in [2.75, 3.05) is 14.2 Å². The molecule has 0 spiro atoms. The second-order valence-electron chi connectivity index (χ2n) is 5.42. The summed E-state index contributed by atoms with van der Waals surface area (Å²) in [6.45, 7) is 1.58. The fourth-order valence-corrected chi connectivity index (χ4v) is 2.58. The average molecular weight is 342 g/mol. The Morgan fingerprint density at radius 3 is 2.36 bits per heavy atom. The maximum Gasteiger partial charge on any atom is 0.328 e. The third kappa shape index (κ3) is 3.85. The summed E-state index contributed by atoms with van der Waals surface area (Å²) in [6, 6.07) is 7.08. The van der Waals surface area contributed by atoms with Crippen LogP contribution < -0.4 is 0 Å². The van der Waals surface area contributed by atoms with E-state index in [-0.39, 0.29) is 29.5 Å². The van der Waals surface area contributed by atoms with Gasteiger partial charge in [-0.25, -0.2) is 4.79 Å². The Bertz CT molecular complexity index is 826. The van der Waals surface area contributed by atoms with Gasteiger partial charge in [0.25, 0.3) is 0 Å². The first kappa shape index (κ1) is 18.2. The molecule has 0 amide bonds. The maximum atomic E-state index is 12.6. The Kier molecular flexibility index (Phi) is 5.54. The Balaban J connectivity index is 2.35. The van der Waals surface area contributed by atoms with E-state index in [2.05, 4.69) is 0 Å². The van der Waals surface area contributed by atoms with E-state index in [0.717, 1.165) is 11.6 Å². The molecule has 1 aromatic carbocycles. The molecule has 1 aliphatic rings. The number of allylic oxidation sites excluding steroid dienone is 2. The van der Waals surface area contributed by atoms with Gasteiger partial charge < -0.3 is 14.6 Å². The van der Waals surface area contributed by atoms with Gasteiger partial charge >= 0.3 is 5.97 Å². The minimum Gasteiger partial charge on any atom is -0.489 e. The zero-order chi connectivity index (χ0) is 18.6. The Morgan fingerprint density at radius 1 is 1.12 bits per heavy atom. The zero-order valence-electron chi connectivity index (χ0n) is 14.2. The molecule has 130 valence electrons. The molecule has 0 saturated carbocycles. The molecule has 0 aliphatic heterocycles. The highest BCUT2D eigenvalue weighted by Crippen LogP contribution is 2.28. The minimum atomic E-state index is -1.04. The van der Waals surface area contributed by atoms with Gasteiger partial charge in [-0.15, -0.1) is 0 Å². The number of hydrogen-bond acceptors (Lipinski definition) is 5. The molecule has 1 aliphatic carbocycles. The Morgan fingerprint density at radius 2 is 1.76 bits per heavy atom. The van der Waals surface area contributed by atoms with Crippen molar-refractivity contribution in [2.24, 2.45) is 0 Å². The summed E-state index contributed by atoms with van der Waals surface area (Å²) in [5.41, 5.74) is 2.11. The topological polar surface area (TPSA) is 89.9 Å². The molecule has 1 N–H and O–H groups in total. The van der Waals surface area contributed by atoms with E-state index in [1.807, 2.05) is 0 Å². The van der Waals surface area contributed by atoms with Crippen LogP contribution in [-0.4, -0.2) is 36.9 Å². The number of rotatable bonds is 6. The Labute approximate surface area is 145 Å². The predicted molar refractivity (Wildman–Crippen MR) is 90.6 cm³/mol. The molecule has 6 heteroatoms. The van der Waals surface area contributed by atoms with Crippen LogP contribution in [0.15, 0.2) is 53.0 Å². The molecule has 0 radical (unpaired) electrons. The molecule has 0 aromatic heterocycles. The number of carboxylic acids is 1. The molecule has 0 fully saturated rings. The van der Waals surface area contributed by atoms with Crippen molar-refractivity contribution in [3.8, 4) is 0 Å². The van der Waals surface area contributed by atoms with Gasteiger partial charge in [0.15, 0.2) is 0 Å². The smallest absolute Gasteiger partial charge is 0.328 e. The maximum absolute atomic E-state index is 12.6. The number of ketones is 2. The lowest BCUT2D eigenvalue weighted by Crippen LogP contribution is -2.26. The third-order valence-corrected chi connectivity index (χ3v) is 3.84. The van der Waals surface area contributed by atoms with Crippen LogP contribution in [0, 0.1) is 0 Å². The quantitative estimate of drug-likeness (QED) is 0.630. The molecule has 0 heterocycles. The number of carbonyl (C=O) groups is 3. The number of carboxylic acid groups (broad SMARTS) is 1. The summed E-state index contributed by atoms with van der Waals surface area (Å²) >= 11 is 0. The lowest BCUT2D eigenvalue weighted by Gasteiger charge is -2.20. The summed E-state index contributed by atoms with van der Waals surface area (Å²) in [5.74, 6) is -2.00. The van der Waals surface area contributed by atoms with Crippen molar-refractivity contribution in [3.05, 3.63) is 64.1 Å². The molecular weight excluding hydrogens is 324 g/mol. The van der Waals surface area contributed by atoms with Gasteiger partial charge in [-0.3, -0.25) is 9.59 Å². The molecule has 0 saturated heterocycles. The van der Waals surface area contributed by atoms with Crippen LogP contribution >= 0.6 is 0 Å². The van der Waals surface area contributed by atoms with E-state index in [1.165, 1.54) is 20.3 Å². The van der Waals surface area contributed by atoms with E-state index in [0.29, 0.717) is 16.7 Å². The summed E-state index contributed by atoms with van der Waals surface area (Å²) in [7, 11) is 2.63. The molecule has 0 unspecified atom stereocenters. The molecule has 25 heavy (non-hydrogen) atoms. The zero-order valence-corrected chi connectivity index (χ0v) is 14.2. The summed E-state index contributed by atoms with van der Waals surface area (Å²) in [6.07, 6.45) is 2.73. The molecule has 6 nitrogen and oxygen atoms in total. The van der Waals surface area contributed by atoms with Crippen molar-refractivity contribution < 1.29 is 29.0 Å². The van der Waals surface area contributed by atoms with E-state index >= 15 is 0 Å². The summed E-state index contributed by atoms with van der Waals surface area (Å²) < 4.78 is 10.1. The van der Waals surface area contributed by atoms with Crippen molar-refractivity contribution in [1.82, 2.24) is 0 Å². The minimum absolute atomic E-state index is 0.0908. The molecule has 0 atom stereocenters. The number of Topliss-reactive ketones (excluding diaryl/α,β-unsaturated/α-hetero) is 2. The van der Waals surface area contributed by atoms with Crippen molar-refractivity contribution >= 4 is 23.6 Å². The van der Waals surface area contributed by atoms with Crippen molar-refractivity contribution in [2.45, 2.75) is 13.3 Å². The molecule has 0 bridgehead atoms. The predicted octanol–water partition coefficient (Wildman–Crippen LogP) is 2.30. The van der Waals surface area contributed by atoms with Crippen LogP contribution in [0.5, 0.6) is 0 Å². The third-order valence-electron chi connectivity index (χ3n) is 3.84. The standard InChI is InChI=1S/C19H18O6/c1-11-14(17(23)19(25-3)18(24-2)16(11)22)10-13-6-4-5-12(9-13)7-8-15(20)21/h4-9H,10H2,1-3H3,(H,20,21). The van der Waals surface area contributed by atoms with Crippen molar-refractivity contribution in [3.63, 3.8) is 0 Å². The first-order valence-electron chi connectivity index (χ1n) is 7.50. The van der Waals surface area contributed by atoms with Crippen LogP contribution in [0.1, 0.15) is 18.1 Å². The first-order valence-corrected chi connectivity index (χ1v) is 7.50. The van der Waals surface area contributed by atoms with Gasteiger partial charge in [-0.05, 0) is 24.1 Å². The monoisotopic (exact) mass is 342 g/mol. The van der Waals surface area contributed by atoms with Crippen LogP contribution in [0.25, 0.3) is 6.08 Å². The van der Waals surface area contributed by atoms with Gasteiger partial charge in [0, 0.05) is 23.6 Å². The second kappa shape index (κ2) is 7.61. The van der Waals surface area contributed by atoms with Crippen LogP contribution in [0.2, 0.25) is 0 Å². The fourth-order valence-electron chi connectivity index (χ4n) is 2.58. The van der Waals surface area contributed by atoms with E-state index in [1.54, 1.807) is 31.2 Å². The Hall–Kier alpha value is -3.15. The first-order chi connectivity index (χ1) is 11.9. The van der Waals surface area contributed by atoms with Gasteiger partial charge in [0.2, 0.25) is 23.1 Å². The number of benzene rings is 1. The van der Waals surface area contributed by atoms with Crippen LogP contribution in [-0.2, 0) is 30.3 Å². The van der Waals surface area contributed by atoms with Crippen LogP contribution in [0.3, 0.4) is 0 Å². The van der Waals surface area contributed by atoms with Gasteiger partial charge in [0.1, 0.15) is 0 Å². The normalized spacial score (nSPS) is 15.2. The highest BCUT2D eigenvalue weighted by Gasteiger charge is 2.34. The van der Waals surface area contributed by atoms with Crippen molar-refractivity contribution in [1.29, 1.82) is 0 Å². The number of ether oxygens (including phenoxy) is 2. The molecular formula is C19H18O6. The lowest BCUT2D eigenvalue weighted by atomic mass is 9.88. The highest BCUT2D eigenvalue weighted by atomic mass is 16.5. The summed E-state index contributed by atoms with van der Waals surface area (Å²) in [4.78, 5) is 35.6. The second-order valence-corrected chi connectivity index (χ2v) is 5.42. The summed E-state index contributed by atoms with van der Waals surface area (Å²) in [5, 5.41) is 8.70. The van der Waals surface area contributed by atoms with E-state index in [4.69, 9.17) is 14.6 Å². The van der Waals surface area contributed by atoms with E-state index < -0.39 is 5.97 Å². The lowest BCUT2D eigenvalue weighted by molar-refractivity contribution is -0.131. The number of methoxy groups -OCH3 is 2. The highest BCUT2D eigenvalue weighted by molar-refractivity contribution is 6.23. The molecule has 2 rings (SSSR count). The number of hydrogen-bond donors (Lipinski definition) is 1. The number of carbonyl (C=O) groups excluding carboxylic acids is 2. The SMILES string of the molecule is COC1=C(OC)C(=O)C(Cc2cccc(C=CC(=O)O)c2)=C(C)C1=O. The van der Waals surface area contributed by atoms with Gasteiger partial charge in [-0.2, -0.15) is 0 Å². The van der Waals surface area contributed by atoms with Gasteiger partial charge in [0.05, 0.1) is 14.2 Å². The van der Waals surface area contributed by atoms with E-state index in [9.17, 15) is 14.4 Å². The van der Waals surface area contributed by atoms with Gasteiger partial charge in [-0.1, -0.05) is 24.3 Å².